The summed E-state index contributed by atoms with van der Waals surface area (Å²) in [7, 11) is -3.76. The van der Waals surface area contributed by atoms with Crippen molar-refractivity contribution in [2.45, 2.75) is 43.5 Å². The quantitative estimate of drug-likeness (QED) is 0.611. The predicted octanol–water partition coefficient (Wildman–Crippen LogP) is 3.93. The van der Waals surface area contributed by atoms with E-state index in [0.29, 0.717) is 18.4 Å². The van der Waals surface area contributed by atoms with E-state index >= 15 is 0 Å². The number of carbonyl (C=O) groups is 1. The van der Waals surface area contributed by atoms with Crippen LogP contribution in [0.5, 0.6) is 0 Å². The molecule has 3 atom stereocenters. The maximum absolute atomic E-state index is 13.3. The molecule has 2 fully saturated rings. The van der Waals surface area contributed by atoms with E-state index in [1.54, 1.807) is 43.5 Å². The third kappa shape index (κ3) is 2.80. The second-order valence-corrected chi connectivity index (χ2v) is 9.76. The van der Waals surface area contributed by atoms with E-state index in [0.717, 1.165) is 16.5 Å². The SMILES string of the molecule is Cc1ccc(S(=O)(=O)n2cc([C@H]3C[C@@H]4CC(=O)O[C@]4(C)O3)c3ccccc32)cc1. The summed E-state index contributed by atoms with van der Waals surface area (Å²) in [5.74, 6) is -1.23. The zero-order chi connectivity index (χ0) is 20.4. The Labute approximate surface area is 169 Å². The van der Waals surface area contributed by atoms with Gasteiger partial charge in [-0.25, -0.2) is 12.4 Å². The van der Waals surface area contributed by atoms with Gasteiger partial charge in [0.25, 0.3) is 10.0 Å². The number of benzene rings is 2. The molecule has 0 saturated carbocycles. The minimum Gasteiger partial charge on any atom is -0.433 e. The average molecular weight is 411 g/mol. The molecule has 0 unspecified atom stereocenters. The topological polar surface area (TPSA) is 74.6 Å². The fraction of sp³-hybridized carbons (Fsp3) is 0.318. The van der Waals surface area contributed by atoms with Gasteiger partial charge in [-0.05, 0) is 31.5 Å². The Morgan fingerprint density at radius 2 is 1.83 bits per heavy atom. The number of hydrogen-bond acceptors (Lipinski definition) is 5. The third-order valence-electron chi connectivity index (χ3n) is 5.98. The van der Waals surface area contributed by atoms with Gasteiger partial charge in [0.2, 0.25) is 5.79 Å². The molecule has 3 aromatic rings. The molecule has 29 heavy (non-hydrogen) atoms. The van der Waals surface area contributed by atoms with E-state index in [1.165, 1.54) is 3.97 Å². The van der Waals surface area contributed by atoms with Crippen LogP contribution in [0.3, 0.4) is 0 Å². The van der Waals surface area contributed by atoms with Gasteiger partial charge in [-0.1, -0.05) is 35.9 Å². The Morgan fingerprint density at radius 1 is 1.10 bits per heavy atom. The number of para-hydroxylation sites is 1. The highest BCUT2D eigenvalue weighted by Gasteiger charge is 2.54. The molecule has 0 spiro atoms. The number of aryl methyl sites for hydroxylation is 1. The second kappa shape index (κ2) is 6.18. The van der Waals surface area contributed by atoms with Gasteiger partial charge in [-0.2, -0.15) is 0 Å². The molecule has 7 heteroatoms. The molecule has 2 aromatic carbocycles. The van der Waals surface area contributed by atoms with Crippen LogP contribution in [-0.4, -0.2) is 24.1 Å². The molecule has 6 nitrogen and oxygen atoms in total. The summed E-state index contributed by atoms with van der Waals surface area (Å²) in [6.07, 6.45) is 2.25. The molecule has 0 aliphatic carbocycles. The first-order valence-corrected chi connectivity index (χ1v) is 11.0. The second-order valence-electron chi connectivity index (χ2n) is 7.95. The van der Waals surface area contributed by atoms with E-state index in [9.17, 15) is 13.2 Å². The summed E-state index contributed by atoms with van der Waals surface area (Å²) < 4.78 is 39.6. The Morgan fingerprint density at radius 3 is 2.55 bits per heavy atom. The van der Waals surface area contributed by atoms with Crippen LogP contribution in [0.15, 0.2) is 59.6 Å². The van der Waals surface area contributed by atoms with Gasteiger partial charge in [-0.3, -0.25) is 4.79 Å². The smallest absolute Gasteiger partial charge is 0.308 e. The Kier molecular flexibility index (Phi) is 3.92. The van der Waals surface area contributed by atoms with E-state index in [1.807, 2.05) is 25.1 Å². The molecule has 3 heterocycles. The Balaban J connectivity index is 1.61. The molecule has 5 rings (SSSR count). The molecule has 2 aliphatic heterocycles. The van der Waals surface area contributed by atoms with Crippen LogP contribution in [0.25, 0.3) is 10.9 Å². The highest BCUT2D eigenvalue weighted by atomic mass is 32.2. The number of rotatable bonds is 3. The monoisotopic (exact) mass is 411 g/mol. The summed E-state index contributed by atoms with van der Waals surface area (Å²) in [6, 6.07) is 14.2. The van der Waals surface area contributed by atoms with E-state index < -0.39 is 15.8 Å². The molecule has 0 bridgehead atoms. The lowest BCUT2D eigenvalue weighted by molar-refractivity contribution is -0.206. The highest BCUT2D eigenvalue weighted by molar-refractivity contribution is 7.90. The summed E-state index contributed by atoms with van der Waals surface area (Å²) in [6.45, 7) is 3.70. The van der Waals surface area contributed by atoms with Crippen molar-refractivity contribution in [3.8, 4) is 0 Å². The maximum atomic E-state index is 13.3. The largest absolute Gasteiger partial charge is 0.433 e. The molecule has 1 aromatic heterocycles. The predicted molar refractivity (Wildman–Crippen MR) is 107 cm³/mol. The lowest BCUT2D eigenvalue weighted by atomic mass is 9.94. The van der Waals surface area contributed by atoms with Gasteiger partial charge < -0.3 is 9.47 Å². The van der Waals surface area contributed by atoms with Gasteiger partial charge >= 0.3 is 5.97 Å². The summed E-state index contributed by atoms with van der Waals surface area (Å²) in [5, 5.41) is 0.822. The lowest BCUT2D eigenvalue weighted by Gasteiger charge is -2.22. The summed E-state index contributed by atoms with van der Waals surface area (Å²) in [5.41, 5.74) is 2.39. The van der Waals surface area contributed by atoms with E-state index in [2.05, 4.69) is 0 Å². The van der Waals surface area contributed by atoms with Crippen molar-refractivity contribution in [1.29, 1.82) is 0 Å². The van der Waals surface area contributed by atoms with Crippen LogP contribution < -0.4 is 0 Å². The van der Waals surface area contributed by atoms with Crippen LogP contribution in [0, 0.1) is 12.8 Å². The summed E-state index contributed by atoms with van der Waals surface area (Å²) >= 11 is 0. The molecular formula is C22H21NO5S. The third-order valence-corrected chi connectivity index (χ3v) is 7.67. The van der Waals surface area contributed by atoms with Gasteiger partial charge in [0.1, 0.15) is 0 Å². The standard InChI is InChI=1S/C22H21NO5S/c1-14-7-9-16(10-8-14)29(25,26)23-13-18(17-5-3-4-6-19(17)23)20-11-15-12-21(24)28-22(15,2)27-20/h3-10,13,15,20H,11-12H2,1-2H3/t15-,20-,22+/m1/s1. The van der Waals surface area contributed by atoms with Crippen molar-refractivity contribution in [2.24, 2.45) is 5.92 Å². The first-order valence-electron chi connectivity index (χ1n) is 9.60. The lowest BCUT2D eigenvalue weighted by Crippen LogP contribution is -2.28. The number of carbonyl (C=O) groups excluding carboxylic acids is 1. The summed E-state index contributed by atoms with van der Waals surface area (Å²) in [4.78, 5) is 11.9. The fourth-order valence-corrected chi connectivity index (χ4v) is 5.77. The average Bonchev–Trinajstić information content (AvgIpc) is 3.29. The van der Waals surface area contributed by atoms with Crippen molar-refractivity contribution in [1.82, 2.24) is 3.97 Å². The number of ether oxygens (including phenoxy) is 2. The molecule has 150 valence electrons. The van der Waals surface area contributed by atoms with Crippen LogP contribution in [0.2, 0.25) is 0 Å². The van der Waals surface area contributed by atoms with Crippen molar-refractivity contribution in [3.05, 3.63) is 65.9 Å². The normalized spacial score (nSPS) is 26.6. The van der Waals surface area contributed by atoms with Gasteiger partial charge in [0, 0.05) is 30.0 Å². The molecule has 2 saturated heterocycles. The van der Waals surface area contributed by atoms with Crippen molar-refractivity contribution in [3.63, 3.8) is 0 Å². The zero-order valence-electron chi connectivity index (χ0n) is 16.2. The molecular weight excluding hydrogens is 390 g/mol. The van der Waals surface area contributed by atoms with Crippen molar-refractivity contribution < 1.29 is 22.7 Å². The van der Waals surface area contributed by atoms with Gasteiger partial charge in [0.05, 0.1) is 22.9 Å². The van der Waals surface area contributed by atoms with Crippen LogP contribution in [0.1, 0.15) is 37.0 Å². The van der Waals surface area contributed by atoms with Crippen LogP contribution in [-0.2, 0) is 24.3 Å². The molecule has 0 amide bonds. The first-order chi connectivity index (χ1) is 13.8. The molecule has 0 radical (unpaired) electrons. The van der Waals surface area contributed by atoms with Crippen molar-refractivity contribution in [2.75, 3.05) is 0 Å². The van der Waals surface area contributed by atoms with Crippen LogP contribution >= 0.6 is 0 Å². The number of esters is 1. The minimum atomic E-state index is -3.76. The number of nitrogens with zero attached hydrogens (tertiary/aromatic N) is 1. The van der Waals surface area contributed by atoms with Crippen LogP contribution in [0.4, 0.5) is 0 Å². The van der Waals surface area contributed by atoms with Crippen molar-refractivity contribution >= 4 is 26.9 Å². The number of fused-ring (bicyclic) bond motifs is 2. The fourth-order valence-electron chi connectivity index (χ4n) is 4.39. The number of hydrogen-bond donors (Lipinski definition) is 0. The van der Waals surface area contributed by atoms with E-state index in [4.69, 9.17) is 9.47 Å². The maximum Gasteiger partial charge on any atom is 0.308 e. The Hall–Kier alpha value is -2.64. The molecule has 0 N–H and O–H groups in total. The Bertz CT molecular complexity index is 1230. The van der Waals surface area contributed by atoms with E-state index in [-0.39, 0.29) is 22.9 Å². The first kappa shape index (κ1) is 18.4. The number of aromatic nitrogens is 1. The molecule has 2 aliphatic rings. The van der Waals surface area contributed by atoms with Gasteiger partial charge in [0.15, 0.2) is 0 Å². The minimum absolute atomic E-state index is 0.0317. The zero-order valence-corrected chi connectivity index (χ0v) is 17.0. The highest BCUT2D eigenvalue weighted by Crippen LogP contribution is 2.51. The van der Waals surface area contributed by atoms with Gasteiger partial charge in [-0.15, -0.1) is 0 Å².